The van der Waals surface area contributed by atoms with Crippen molar-refractivity contribution in [3.8, 4) is 0 Å². The Labute approximate surface area is 127 Å². The first-order valence-corrected chi connectivity index (χ1v) is 8.07. The van der Waals surface area contributed by atoms with Crippen molar-refractivity contribution in [3.05, 3.63) is 0 Å². The van der Waals surface area contributed by atoms with E-state index < -0.39 is 0 Å². The molecule has 6 nitrogen and oxygen atoms in total. The number of rotatable bonds is 7. The lowest BCUT2D eigenvalue weighted by Gasteiger charge is -2.36. The van der Waals surface area contributed by atoms with Crippen molar-refractivity contribution in [1.82, 2.24) is 9.80 Å². The summed E-state index contributed by atoms with van der Waals surface area (Å²) in [5.41, 5.74) is 0. The Kier molecular flexibility index (Phi) is 7.43. The van der Waals surface area contributed by atoms with Crippen LogP contribution in [0.5, 0.6) is 0 Å². The van der Waals surface area contributed by atoms with Crippen LogP contribution in [0.15, 0.2) is 0 Å². The second-order valence-electron chi connectivity index (χ2n) is 5.71. The Balaban J connectivity index is 1.66. The minimum Gasteiger partial charge on any atom is -0.465 e. The highest BCUT2D eigenvalue weighted by Crippen LogP contribution is 2.08. The number of carbonyl (C=O) groups is 1. The zero-order valence-electron chi connectivity index (χ0n) is 13.1. The van der Waals surface area contributed by atoms with Crippen LogP contribution < -0.4 is 0 Å². The van der Waals surface area contributed by atoms with Gasteiger partial charge in [-0.1, -0.05) is 13.3 Å². The molecule has 2 aliphatic heterocycles. The quantitative estimate of drug-likeness (QED) is 0.500. The Bertz CT molecular complexity index is 308. The SMILES string of the molecule is CCCCOC(=O)CN1CCOC(CN2CCOCC2)C1. The van der Waals surface area contributed by atoms with Crippen molar-refractivity contribution in [2.45, 2.75) is 25.9 Å². The number of esters is 1. The van der Waals surface area contributed by atoms with Gasteiger partial charge in [-0.15, -0.1) is 0 Å². The van der Waals surface area contributed by atoms with E-state index in [9.17, 15) is 4.79 Å². The Morgan fingerprint density at radius 2 is 1.95 bits per heavy atom. The molecule has 2 saturated heterocycles. The molecule has 21 heavy (non-hydrogen) atoms. The van der Waals surface area contributed by atoms with E-state index in [-0.39, 0.29) is 12.1 Å². The molecular formula is C15H28N2O4. The van der Waals surface area contributed by atoms with E-state index in [1.165, 1.54) is 0 Å². The molecule has 6 heteroatoms. The molecule has 1 unspecified atom stereocenters. The summed E-state index contributed by atoms with van der Waals surface area (Å²) < 4.78 is 16.4. The van der Waals surface area contributed by atoms with Gasteiger partial charge in [-0.25, -0.2) is 0 Å². The summed E-state index contributed by atoms with van der Waals surface area (Å²) in [6, 6.07) is 0. The van der Waals surface area contributed by atoms with Crippen molar-refractivity contribution in [3.63, 3.8) is 0 Å². The maximum absolute atomic E-state index is 11.8. The van der Waals surface area contributed by atoms with Gasteiger partial charge < -0.3 is 14.2 Å². The molecule has 0 spiro atoms. The number of nitrogens with zero attached hydrogens (tertiary/aromatic N) is 2. The van der Waals surface area contributed by atoms with E-state index in [4.69, 9.17) is 14.2 Å². The maximum atomic E-state index is 11.8. The van der Waals surface area contributed by atoms with Gasteiger partial charge >= 0.3 is 5.97 Å². The molecule has 0 amide bonds. The molecule has 2 heterocycles. The lowest BCUT2D eigenvalue weighted by atomic mass is 10.2. The minimum absolute atomic E-state index is 0.115. The van der Waals surface area contributed by atoms with Crippen LogP contribution in [0, 0.1) is 0 Å². The molecule has 0 radical (unpaired) electrons. The highest BCUT2D eigenvalue weighted by molar-refractivity contribution is 5.71. The summed E-state index contributed by atoms with van der Waals surface area (Å²) in [5, 5.41) is 0. The largest absolute Gasteiger partial charge is 0.465 e. The number of hydrogen-bond donors (Lipinski definition) is 0. The second-order valence-corrected chi connectivity index (χ2v) is 5.71. The van der Waals surface area contributed by atoms with Crippen LogP contribution in [0.25, 0.3) is 0 Å². The zero-order valence-corrected chi connectivity index (χ0v) is 13.1. The predicted molar refractivity (Wildman–Crippen MR) is 79.3 cm³/mol. The molecule has 0 aromatic heterocycles. The molecule has 122 valence electrons. The Morgan fingerprint density at radius 3 is 2.71 bits per heavy atom. The number of unbranched alkanes of at least 4 members (excludes halogenated alkanes) is 1. The summed E-state index contributed by atoms with van der Waals surface area (Å²) in [6.07, 6.45) is 2.17. The standard InChI is InChI=1S/C15H28N2O4/c1-2-3-7-21-15(18)13-17-6-10-20-14(12-17)11-16-4-8-19-9-5-16/h14H,2-13H2,1H3. The smallest absolute Gasteiger partial charge is 0.320 e. The lowest BCUT2D eigenvalue weighted by molar-refractivity contribution is -0.147. The van der Waals surface area contributed by atoms with Gasteiger partial charge in [0.25, 0.3) is 0 Å². The van der Waals surface area contributed by atoms with E-state index in [0.717, 1.165) is 58.8 Å². The van der Waals surface area contributed by atoms with Crippen LogP contribution in [0.2, 0.25) is 0 Å². The van der Waals surface area contributed by atoms with Gasteiger partial charge in [0.15, 0.2) is 0 Å². The molecule has 2 rings (SSSR count). The topological polar surface area (TPSA) is 51.2 Å². The highest BCUT2D eigenvalue weighted by Gasteiger charge is 2.25. The van der Waals surface area contributed by atoms with Crippen molar-refractivity contribution in [1.29, 1.82) is 0 Å². The highest BCUT2D eigenvalue weighted by atomic mass is 16.5. The molecule has 0 N–H and O–H groups in total. The molecule has 0 bridgehead atoms. The first-order valence-electron chi connectivity index (χ1n) is 8.07. The summed E-state index contributed by atoms with van der Waals surface area (Å²) in [4.78, 5) is 16.3. The third kappa shape index (κ3) is 6.30. The van der Waals surface area contributed by atoms with E-state index in [2.05, 4.69) is 16.7 Å². The zero-order chi connectivity index (χ0) is 14.9. The van der Waals surface area contributed by atoms with Gasteiger partial charge in [-0.05, 0) is 6.42 Å². The third-order valence-corrected chi connectivity index (χ3v) is 3.90. The minimum atomic E-state index is -0.115. The predicted octanol–water partition coefficient (Wildman–Crippen LogP) is 0.363. The van der Waals surface area contributed by atoms with Crippen LogP contribution >= 0.6 is 0 Å². The number of morpholine rings is 2. The summed E-state index contributed by atoms with van der Waals surface area (Å²) in [6.45, 7) is 9.79. The molecule has 0 aromatic carbocycles. The van der Waals surface area contributed by atoms with Crippen LogP contribution in [0.1, 0.15) is 19.8 Å². The normalized spacial score (nSPS) is 24.9. The van der Waals surface area contributed by atoms with Crippen LogP contribution in [0.4, 0.5) is 0 Å². The fourth-order valence-electron chi connectivity index (χ4n) is 2.66. The summed E-state index contributed by atoms with van der Waals surface area (Å²) in [7, 11) is 0. The van der Waals surface area contributed by atoms with Crippen LogP contribution in [-0.2, 0) is 19.0 Å². The fraction of sp³-hybridized carbons (Fsp3) is 0.933. The van der Waals surface area contributed by atoms with Gasteiger partial charge in [0, 0.05) is 32.7 Å². The van der Waals surface area contributed by atoms with Gasteiger partial charge in [0.2, 0.25) is 0 Å². The van der Waals surface area contributed by atoms with Crippen molar-refractivity contribution < 1.29 is 19.0 Å². The average molecular weight is 300 g/mol. The van der Waals surface area contributed by atoms with Crippen molar-refractivity contribution in [2.75, 3.05) is 65.7 Å². The lowest BCUT2D eigenvalue weighted by Crippen LogP contribution is -2.50. The molecule has 2 fully saturated rings. The summed E-state index contributed by atoms with van der Waals surface area (Å²) in [5.74, 6) is -0.115. The fourth-order valence-corrected chi connectivity index (χ4v) is 2.66. The van der Waals surface area contributed by atoms with Crippen molar-refractivity contribution >= 4 is 5.97 Å². The van der Waals surface area contributed by atoms with Crippen molar-refractivity contribution in [2.24, 2.45) is 0 Å². The average Bonchev–Trinajstić information content (AvgIpc) is 2.49. The molecule has 2 aliphatic rings. The number of hydrogen-bond acceptors (Lipinski definition) is 6. The Hall–Kier alpha value is -0.690. The molecule has 1 atom stereocenters. The van der Waals surface area contributed by atoms with E-state index in [1.807, 2.05) is 0 Å². The Morgan fingerprint density at radius 1 is 1.19 bits per heavy atom. The van der Waals surface area contributed by atoms with Gasteiger partial charge in [-0.3, -0.25) is 14.6 Å². The van der Waals surface area contributed by atoms with Crippen LogP contribution in [0.3, 0.4) is 0 Å². The van der Waals surface area contributed by atoms with Gasteiger partial charge in [0.1, 0.15) is 0 Å². The number of ether oxygens (including phenoxy) is 3. The van der Waals surface area contributed by atoms with Crippen LogP contribution in [-0.4, -0.2) is 87.6 Å². The summed E-state index contributed by atoms with van der Waals surface area (Å²) >= 11 is 0. The first kappa shape index (κ1) is 16.7. The molecule has 0 saturated carbocycles. The first-order chi connectivity index (χ1) is 10.3. The van der Waals surface area contributed by atoms with E-state index in [0.29, 0.717) is 19.8 Å². The molecular weight excluding hydrogens is 272 g/mol. The number of carbonyl (C=O) groups excluding carboxylic acids is 1. The molecule has 0 aliphatic carbocycles. The monoisotopic (exact) mass is 300 g/mol. The van der Waals surface area contributed by atoms with E-state index in [1.54, 1.807) is 0 Å². The van der Waals surface area contributed by atoms with Gasteiger partial charge in [0.05, 0.1) is 39.1 Å². The van der Waals surface area contributed by atoms with E-state index >= 15 is 0 Å². The van der Waals surface area contributed by atoms with Gasteiger partial charge in [-0.2, -0.15) is 0 Å². The maximum Gasteiger partial charge on any atom is 0.320 e. The third-order valence-electron chi connectivity index (χ3n) is 3.90. The second kappa shape index (κ2) is 9.35. The molecule has 0 aromatic rings.